The van der Waals surface area contributed by atoms with Gasteiger partial charge in [0.15, 0.2) is 0 Å². The number of rotatable bonds is 2. The fourth-order valence-corrected chi connectivity index (χ4v) is 0.377. The molecule has 0 aromatic rings. The van der Waals surface area contributed by atoms with E-state index in [9.17, 15) is 4.79 Å². The molecule has 0 aliphatic heterocycles. The molecule has 0 saturated heterocycles. The van der Waals surface area contributed by atoms with E-state index in [1.54, 1.807) is 0 Å². The first-order chi connectivity index (χ1) is 3.66. The Morgan fingerprint density at radius 2 is 2.38 bits per heavy atom. The Hall–Kier alpha value is -0.530. The van der Waals surface area contributed by atoms with Crippen molar-refractivity contribution in [1.29, 1.82) is 0 Å². The van der Waals surface area contributed by atoms with E-state index >= 15 is 0 Å². The van der Waals surface area contributed by atoms with Gasteiger partial charge in [-0.25, -0.2) is 0 Å². The first-order valence-electron chi connectivity index (χ1n) is 2.79. The normalized spacial score (nSPS) is 12.9. The lowest BCUT2D eigenvalue weighted by Gasteiger charge is -2.06. The molecule has 0 aromatic heterocycles. The van der Waals surface area contributed by atoms with Gasteiger partial charge in [0.1, 0.15) is 0 Å². The van der Waals surface area contributed by atoms with E-state index < -0.39 is 0 Å². The van der Waals surface area contributed by atoms with Crippen molar-refractivity contribution in [1.82, 2.24) is 5.32 Å². The molecule has 0 aromatic carbocycles. The van der Waals surface area contributed by atoms with Crippen LogP contribution in [-0.2, 0) is 4.79 Å². The van der Waals surface area contributed by atoms with E-state index in [2.05, 4.69) is 12.2 Å². The second kappa shape index (κ2) is 3.47. The Labute approximate surface area is 50.3 Å². The van der Waals surface area contributed by atoms with Crippen molar-refractivity contribution in [3.05, 3.63) is 6.92 Å². The van der Waals surface area contributed by atoms with Crippen molar-refractivity contribution < 1.29 is 4.79 Å². The monoisotopic (exact) mass is 114 g/mol. The van der Waals surface area contributed by atoms with Gasteiger partial charge >= 0.3 is 0 Å². The van der Waals surface area contributed by atoms with Crippen LogP contribution in [0.2, 0.25) is 0 Å². The Morgan fingerprint density at radius 3 is 2.50 bits per heavy atom. The first-order valence-corrected chi connectivity index (χ1v) is 2.79. The second-order valence-corrected chi connectivity index (χ2v) is 1.88. The van der Waals surface area contributed by atoms with Crippen LogP contribution in [0.15, 0.2) is 0 Å². The smallest absolute Gasteiger partial charge is 0.220 e. The van der Waals surface area contributed by atoms with Crippen LogP contribution >= 0.6 is 0 Å². The van der Waals surface area contributed by atoms with Crippen molar-refractivity contribution in [2.24, 2.45) is 0 Å². The molecule has 0 aliphatic carbocycles. The minimum Gasteiger partial charge on any atom is -0.354 e. The molecule has 1 amide bonds. The van der Waals surface area contributed by atoms with Crippen molar-refractivity contribution in [3.63, 3.8) is 0 Å². The second-order valence-electron chi connectivity index (χ2n) is 1.88. The fraction of sp³-hybridized carbons (Fsp3) is 0.667. The molecule has 0 spiro atoms. The van der Waals surface area contributed by atoms with E-state index in [-0.39, 0.29) is 11.9 Å². The summed E-state index contributed by atoms with van der Waals surface area (Å²) >= 11 is 0. The van der Waals surface area contributed by atoms with Gasteiger partial charge in [0.2, 0.25) is 5.91 Å². The van der Waals surface area contributed by atoms with Gasteiger partial charge in [-0.15, -0.1) is 0 Å². The highest BCUT2D eigenvalue weighted by Gasteiger charge is 1.96. The van der Waals surface area contributed by atoms with Crippen LogP contribution in [0.1, 0.15) is 20.3 Å². The Balaban J connectivity index is 3.24. The predicted molar refractivity (Wildman–Crippen MR) is 33.3 cm³/mol. The van der Waals surface area contributed by atoms with Gasteiger partial charge in [-0.05, 0) is 13.3 Å². The Morgan fingerprint density at radius 1 is 1.88 bits per heavy atom. The van der Waals surface area contributed by atoms with Crippen LogP contribution in [0, 0.1) is 6.92 Å². The van der Waals surface area contributed by atoms with Crippen molar-refractivity contribution in [2.75, 3.05) is 0 Å². The molecule has 1 radical (unpaired) electrons. The van der Waals surface area contributed by atoms with Gasteiger partial charge in [0, 0.05) is 13.0 Å². The van der Waals surface area contributed by atoms with E-state index in [0.29, 0.717) is 0 Å². The highest BCUT2D eigenvalue weighted by atomic mass is 16.1. The van der Waals surface area contributed by atoms with E-state index in [1.165, 1.54) is 0 Å². The minimum absolute atomic E-state index is 0.195. The third-order valence-electron chi connectivity index (χ3n) is 1.02. The molecule has 0 saturated carbocycles. The summed E-state index contributed by atoms with van der Waals surface area (Å²) in [6.07, 6.45) is 0.960. The number of hydrogen-bond acceptors (Lipinski definition) is 1. The highest BCUT2D eigenvalue weighted by Crippen LogP contribution is 1.85. The average Bonchev–Trinajstić information content (AvgIpc) is 1.65. The van der Waals surface area contributed by atoms with Gasteiger partial charge in [-0.1, -0.05) is 6.92 Å². The van der Waals surface area contributed by atoms with Crippen molar-refractivity contribution in [3.8, 4) is 0 Å². The fourth-order valence-electron chi connectivity index (χ4n) is 0.377. The third kappa shape index (κ3) is 3.65. The van der Waals surface area contributed by atoms with E-state index in [4.69, 9.17) is 0 Å². The molecular weight excluding hydrogens is 102 g/mol. The summed E-state index contributed by atoms with van der Waals surface area (Å²) in [5, 5.41) is 2.64. The summed E-state index contributed by atoms with van der Waals surface area (Å²) in [7, 11) is 0. The van der Waals surface area contributed by atoms with Gasteiger partial charge in [0.05, 0.1) is 0 Å². The molecule has 0 bridgehead atoms. The highest BCUT2D eigenvalue weighted by molar-refractivity contribution is 5.80. The maximum absolute atomic E-state index is 10.2. The quantitative estimate of drug-likeness (QED) is 0.563. The molecule has 0 rings (SSSR count). The average molecular weight is 114 g/mol. The minimum atomic E-state index is -0.195. The summed E-state index contributed by atoms with van der Waals surface area (Å²) in [4.78, 5) is 10.2. The Kier molecular flexibility index (Phi) is 3.24. The summed E-state index contributed by atoms with van der Waals surface area (Å²) in [5.41, 5.74) is 0. The van der Waals surface area contributed by atoms with Gasteiger partial charge < -0.3 is 5.32 Å². The first kappa shape index (κ1) is 7.47. The van der Waals surface area contributed by atoms with Crippen molar-refractivity contribution in [2.45, 2.75) is 26.3 Å². The van der Waals surface area contributed by atoms with Crippen LogP contribution in [0.5, 0.6) is 0 Å². The summed E-state index contributed by atoms with van der Waals surface area (Å²) in [5.74, 6) is -0.195. The van der Waals surface area contributed by atoms with Crippen LogP contribution in [-0.4, -0.2) is 11.9 Å². The third-order valence-corrected chi connectivity index (χ3v) is 1.02. The SMILES string of the molecule is [CH2]C(=O)NC(C)CC. The summed E-state index contributed by atoms with van der Waals surface area (Å²) in [6.45, 7) is 7.14. The molecule has 8 heavy (non-hydrogen) atoms. The molecule has 1 N–H and O–H groups in total. The summed E-state index contributed by atoms with van der Waals surface area (Å²) < 4.78 is 0. The molecule has 2 nitrogen and oxygen atoms in total. The van der Waals surface area contributed by atoms with E-state index in [0.717, 1.165) is 6.42 Å². The molecule has 0 fully saturated rings. The lowest BCUT2D eigenvalue weighted by molar-refractivity contribution is -0.117. The largest absolute Gasteiger partial charge is 0.354 e. The van der Waals surface area contributed by atoms with Crippen LogP contribution in [0.3, 0.4) is 0 Å². The molecule has 0 heterocycles. The lowest BCUT2D eigenvalue weighted by Crippen LogP contribution is -2.29. The van der Waals surface area contributed by atoms with Crippen molar-refractivity contribution >= 4 is 5.91 Å². The van der Waals surface area contributed by atoms with E-state index in [1.807, 2.05) is 13.8 Å². The lowest BCUT2D eigenvalue weighted by atomic mass is 10.3. The van der Waals surface area contributed by atoms with Gasteiger partial charge in [0.25, 0.3) is 0 Å². The predicted octanol–water partition coefficient (Wildman–Crippen LogP) is 0.735. The Bertz CT molecular complexity index is 80.6. The maximum atomic E-state index is 10.2. The van der Waals surface area contributed by atoms with Crippen LogP contribution in [0.25, 0.3) is 0 Å². The number of carbonyl (C=O) groups is 1. The van der Waals surface area contributed by atoms with Crippen LogP contribution < -0.4 is 5.32 Å². The molecule has 1 unspecified atom stereocenters. The maximum Gasteiger partial charge on any atom is 0.220 e. The summed E-state index contributed by atoms with van der Waals surface area (Å²) in [6, 6.07) is 0.264. The zero-order valence-electron chi connectivity index (χ0n) is 5.40. The zero-order valence-corrected chi connectivity index (χ0v) is 5.40. The molecule has 2 heteroatoms. The number of amides is 1. The molecule has 47 valence electrons. The standard InChI is InChI=1S/C6H12NO/c1-4-5(2)7-6(3)8/h5H,3-4H2,1-2H3,(H,7,8). The molecule has 1 atom stereocenters. The number of carbonyl (C=O) groups excluding carboxylic acids is 1. The van der Waals surface area contributed by atoms with Crippen LogP contribution in [0.4, 0.5) is 0 Å². The van der Waals surface area contributed by atoms with Gasteiger partial charge in [-0.2, -0.15) is 0 Å². The number of hydrogen-bond donors (Lipinski definition) is 1. The topological polar surface area (TPSA) is 29.1 Å². The van der Waals surface area contributed by atoms with Gasteiger partial charge in [-0.3, -0.25) is 4.79 Å². The zero-order chi connectivity index (χ0) is 6.57. The molecule has 0 aliphatic rings. The molecular formula is C6H12NO. The number of nitrogens with one attached hydrogen (secondary N) is 1.